The molecule has 34 heavy (non-hydrogen) atoms. The van der Waals surface area contributed by atoms with Gasteiger partial charge in [-0.15, -0.1) is 0 Å². The van der Waals surface area contributed by atoms with Crippen LogP contribution in [0.1, 0.15) is 42.2 Å². The molecule has 1 amide bonds. The number of amides is 1. The van der Waals surface area contributed by atoms with Gasteiger partial charge in [-0.1, -0.05) is 36.4 Å². The van der Waals surface area contributed by atoms with Gasteiger partial charge in [0.1, 0.15) is 11.5 Å². The normalized spacial score (nSPS) is 20.2. The summed E-state index contributed by atoms with van der Waals surface area (Å²) in [5.41, 5.74) is 4.09. The van der Waals surface area contributed by atoms with Crippen LogP contribution >= 0.6 is 0 Å². The number of rotatable bonds is 5. The van der Waals surface area contributed by atoms with Crippen LogP contribution in [0.5, 0.6) is 11.5 Å². The Bertz CT molecular complexity index is 1230. The Balaban J connectivity index is 1.67. The van der Waals surface area contributed by atoms with Gasteiger partial charge in [0, 0.05) is 60.6 Å². The smallest absolute Gasteiger partial charge is 0.232 e. The second-order valence-corrected chi connectivity index (χ2v) is 8.64. The van der Waals surface area contributed by atoms with Crippen LogP contribution < -0.4 is 14.4 Å². The molecule has 0 fully saturated rings. The molecule has 1 aliphatic heterocycles. The zero-order valence-electron chi connectivity index (χ0n) is 19.2. The first-order valence-electron chi connectivity index (χ1n) is 11.4. The summed E-state index contributed by atoms with van der Waals surface area (Å²) >= 11 is 0. The van der Waals surface area contributed by atoms with E-state index in [4.69, 9.17) is 9.47 Å². The number of Topliss-reactive ketones (excluding diaryl/α,β-unsaturated/α-hetero) is 1. The summed E-state index contributed by atoms with van der Waals surface area (Å²) in [7, 11) is 3.16. The highest BCUT2D eigenvalue weighted by molar-refractivity contribution is 6.08. The quantitative estimate of drug-likeness (QED) is 0.542. The van der Waals surface area contributed by atoms with E-state index in [0.717, 1.165) is 16.8 Å². The molecule has 2 aliphatic rings. The molecule has 0 bridgehead atoms. The lowest BCUT2D eigenvalue weighted by Crippen LogP contribution is -2.41. The zero-order valence-corrected chi connectivity index (χ0v) is 19.2. The lowest BCUT2D eigenvalue weighted by Gasteiger charge is -2.40. The number of benzene rings is 2. The van der Waals surface area contributed by atoms with Gasteiger partial charge in [0.2, 0.25) is 5.91 Å². The molecular weight excluding hydrogens is 428 g/mol. The number of pyridine rings is 1. The van der Waals surface area contributed by atoms with Crippen molar-refractivity contribution in [2.75, 3.05) is 19.1 Å². The largest absolute Gasteiger partial charge is 0.497 e. The Labute approximate surface area is 198 Å². The number of hydrogen-bond acceptors (Lipinski definition) is 5. The van der Waals surface area contributed by atoms with Gasteiger partial charge < -0.3 is 9.47 Å². The van der Waals surface area contributed by atoms with Gasteiger partial charge >= 0.3 is 0 Å². The van der Waals surface area contributed by atoms with Crippen molar-refractivity contribution in [2.24, 2.45) is 0 Å². The Morgan fingerprint density at radius 3 is 2.21 bits per heavy atom. The van der Waals surface area contributed by atoms with Crippen molar-refractivity contribution >= 4 is 17.4 Å². The van der Waals surface area contributed by atoms with Gasteiger partial charge in [0.25, 0.3) is 0 Å². The van der Waals surface area contributed by atoms with Gasteiger partial charge in [-0.25, -0.2) is 0 Å². The third-order valence-corrected chi connectivity index (χ3v) is 6.68. The van der Waals surface area contributed by atoms with Crippen molar-refractivity contribution in [3.05, 3.63) is 95.5 Å². The van der Waals surface area contributed by atoms with Gasteiger partial charge in [-0.3, -0.25) is 19.5 Å². The van der Waals surface area contributed by atoms with E-state index < -0.39 is 0 Å². The minimum atomic E-state index is -0.302. The number of ether oxygens (including phenoxy) is 2. The molecule has 0 radical (unpaired) electrons. The van der Waals surface area contributed by atoms with E-state index in [1.54, 1.807) is 37.6 Å². The minimum absolute atomic E-state index is 0.00269. The third kappa shape index (κ3) is 3.96. The predicted octanol–water partition coefficient (Wildman–Crippen LogP) is 5.02. The SMILES string of the molecule is COc1cc(OC)cc(N2C(=O)CC(c3cccnc3)C3=C2CC(c2ccccc2)CC3=O)c1. The predicted molar refractivity (Wildman–Crippen MR) is 129 cm³/mol. The highest BCUT2D eigenvalue weighted by atomic mass is 16.5. The Morgan fingerprint density at radius 2 is 1.56 bits per heavy atom. The zero-order chi connectivity index (χ0) is 23.7. The average Bonchev–Trinajstić information content (AvgIpc) is 2.88. The molecule has 1 aromatic heterocycles. The first-order chi connectivity index (χ1) is 16.6. The summed E-state index contributed by atoms with van der Waals surface area (Å²) in [4.78, 5) is 33.3. The third-order valence-electron chi connectivity index (χ3n) is 6.68. The summed E-state index contributed by atoms with van der Waals surface area (Å²) in [5, 5.41) is 0. The van der Waals surface area contributed by atoms with Crippen molar-refractivity contribution in [1.82, 2.24) is 4.98 Å². The highest BCUT2D eigenvalue weighted by Gasteiger charge is 2.42. The summed E-state index contributed by atoms with van der Waals surface area (Å²) in [5.74, 6) is 0.883. The fraction of sp³-hybridized carbons (Fsp3) is 0.250. The van der Waals surface area contributed by atoms with Gasteiger partial charge in [0.05, 0.1) is 19.9 Å². The number of hydrogen-bond donors (Lipinski definition) is 0. The molecule has 1 aliphatic carbocycles. The molecule has 5 rings (SSSR count). The van der Waals surface area contributed by atoms with Crippen LogP contribution in [-0.2, 0) is 9.59 Å². The summed E-state index contributed by atoms with van der Waals surface area (Å²) < 4.78 is 10.9. The van der Waals surface area contributed by atoms with E-state index in [0.29, 0.717) is 35.6 Å². The number of anilines is 1. The molecule has 0 saturated heterocycles. The van der Waals surface area contributed by atoms with Crippen LogP contribution in [0, 0.1) is 0 Å². The summed E-state index contributed by atoms with van der Waals surface area (Å²) in [6.45, 7) is 0. The van der Waals surface area contributed by atoms with Crippen LogP contribution in [0.15, 0.2) is 84.3 Å². The van der Waals surface area contributed by atoms with E-state index in [1.807, 2.05) is 54.6 Å². The molecule has 0 spiro atoms. The van der Waals surface area contributed by atoms with Crippen LogP contribution in [0.25, 0.3) is 0 Å². The van der Waals surface area contributed by atoms with Crippen molar-refractivity contribution in [3.63, 3.8) is 0 Å². The molecular formula is C28H26N2O4. The second kappa shape index (κ2) is 9.14. The molecule has 6 heteroatoms. The van der Waals surface area contributed by atoms with Gasteiger partial charge in [0.15, 0.2) is 5.78 Å². The standard InChI is InChI=1S/C28H26N2O4/c1-33-22-13-21(14-23(15-22)34-2)30-25-11-20(18-7-4-3-5-8-18)12-26(31)28(25)24(16-27(30)32)19-9-6-10-29-17-19/h3-10,13-15,17,20,24H,11-12,16H2,1-2H3. The van der Waals surface area contributed by atoms with Crippen molar-refractivity contribution < 1.29 is 19.1 Å². The number of carbonyl (C=O) groups is 2. The summed E-state index contributed by atoms with van der Waals surface area (Å²) in [6.07, 6.45) is 4.66. The fourth-order valence-corrected chi connectivity index (χ4v) is 5.08. The maximum atomic E-state index is 13.7. The van der Waals surface area contributed by atoms with Crippen molar-refractivity contribution in [3.8, 4) is 11.5 Å². The Morgan fingerprint density at radius 1 is 0.853 bits per heavy atom. The van der Waals surface area contributed by atoms with Crippen molar-refractivity contribution in [2.45, 2.75) is 31.1 Å². The highest BCUT2D eigenvalue weighted by Crippen LogP contribution is 2.47. The molecule has 2 atom stereocenters. The molecule has 2 unspecified atom stereocenters. The summed E-state index contributed by atoms with van der Waals surface area (Å²) in [6, 6.07) is 19.2. The topological polar surface area (TPSA) is 68.7 Å². The monoisotopic (exact) mass is 454 g/mol. The van der Waals surface area contributed by atoms with Crippen LogP contribution in [0.2, 0.25) is 0 Å². The Hall–Kier alpha value is -3.93. The molecule has 2 aromatic carbocycles. The number of methoxy groups -OCH3 is 2. The molecule has 172 valence electrons. The number of allylic oxidation sites excluding steroid dienone is 2. The van der Waals surface area contributed by atoms with Gasteiger partial charge in [-0.05, 0) is 29.5 Å². The molecule has 6 nitrogen and oxygen atoms in total. The molecule has 0 saturated carbocycles. The lowest BCUT2D eigenvalue weighted by atomic mass is 9.73. The molecule has 0 N–H and O–H groups in total. The Kier molecular flexibility index (Phi) is 5.88. The fourth-order valence-electron chi connectivity index (χ4n) is 5.08. The van der Waals surface area contributed by atoms with Crippen LogP contribution in [0.3, 0.4) is 0 Å². The minimum Gasteiger partial charge on any atom is -0.497 e. The maximum Gasteiger partial charge on any atom is 0.232 e. The van der Waals surface area contributed by atoms with Crippen molar-refractivity contribution in [1.29, 1.82) is 0 Å². The van der Waals surface area contributed by atoms with Gasteiger partial charge in [-0.2, -0.15) is 0 Å². The number of carbonyl (C=O) groups excluding carboxylic acids is 2. The number of ketones is 1. The lowest BCUT2D eigenvalue weighted by molar-refractivity contribution is -0.120. The first kappa shape index (κ1) is 21.9. The van der Waals surface area contributed by atoms with Crippen LogP contribution in [0.4, 0.5) is 5.69 Å². The maximum absolute atomic E-state index is 13.7. The first-order valence-corrected chi connectivity index (χ1v) is 11.4. The van der Waals surface area contributed by atoms with E-state index >= 15 is 0 Å². The van der Waals surface area contributed by atoms with E-state index in [-0.39, 0.29) is 29.9 Å². The number of aromatic nitrogens is 1. The van der Waals surface area contributed by atoms with E-state index in [9.17, 15) is 9.59 Å². The van der Waals surface area contributed by atoms with E-state index in [2.05, 4.69) is 4.98 Å². The average molecular weight is 455 g/mol. The second-order valence-electron chi connectivity index (χ2n) is 8.64. The molecule has 2 heterocycles. The number of nitrogens with zero attached hydrogens (tertiary/aromatic N) is 2. The van der Waals surface area contributed by atoms with E-state index in [1.165, 1.54) is 0 Å². The molecule has 3 aromatic rings. The van der Waals surface area contributed by atoms with Crippen LogP contribution in [-0.4, -0.2) is 30.9 Å².